The zero-order chi connectivity index (χ0) is 11.3. The molecule has 0 bridgehead atoms. The average Bonchev–Trinajstić information content (AvgIpc) is 2.20. The van der Waals surface area contributed by atoms with Gasteiger partial charge in [0, 0.05) is 31.1 Å². The Morgan fingerprint density at radius 2 is 2.20 bits per heavy atom. The van der Waals surface area contributed by atoms with E-state index in [-0.39, 0.29) is 0 Å². The van der Waals surface area contributed by atoms with Crippen molar-refractivity contribution in [1.29, 1.82) is 0 Å². The molecule has 0 spiro atoms. The van der Waals surface area contributed by atoms with Crippen LogP contribution in [0.25, 0.3) is 0 Å². The maximum absolute atomic E-state index is 5.83. The number of hydrogen-bond donors (Lipinski definition) is 2. The van der Waals surface area contributed by atoms with Gasteiger partial charge in [0.15, 0.2) is 0 Å². The van der Waals surface area contributed by atoms with Gasteiger partial charge in [0.1, 0.15) is 0 Å². The maximum atomic E-state index is 5.83. The van der Waals surface area contributed by atoms with Gasteiger partial charge in [-0.3, -0.25) is 0 Å². The van der Waals surface area contributed by atoms with Crippen LogP contribution in [0.15, 0.2) is 18.2 Å². The van der Waals surface area contributed by atoms with Crippen LogP contribution in [0.3, 0.4) is 0 Å². The van der Waals surface area contributed by atoms with E-state index in [1.165, 1.54) is 0 Å². The summed E-state index contributed by atoms with van der Waals surface area (Å²) in [6, 6.07) is 6.45. The van der Waals surface area contributed by atoms with E-state index in [1.807, 2.05) is 19.1 Å². The van der Waals surface area contributed by atoms with E-state index in [4.69, 9.17) is 10.5 Å². The Balaban J connectivity index is 2.53. The third-order valence-electron chi connectivity index (χ3n) is 2.45. The normalized spacial score (nSPS) is 12.5. The monoisotopic (exact) mass is 208 g/mol. The average molecular weight is 208 g/mol. The van der Waals surface area contributed by atoms with Crippen molar-refractivity contribution in [2.75, 3.05) is 24.8 Å². The molecular weight excluding hydrogens is 188 g/mol. The van der Waals surface area contributed by atoms with Gasteiger partial charge in [-0.1, -0.05) is 6.07 Å². The van der Waals surface area contributed by atoms with Crippen molar-refractivity contribution in [3.8, 4) is 0 Å². The number of methoxy groups -OCH3 is 1. The highest BCUT2D eigenvalue weighted by atomic mass is 16.5. The molecule has 84 valence electrons. The number of anilines is 2. The lowest BCUT2D eigenvalue weighted by Gasteiger charge is -2.15. The van der Waals surface area contributed by atoms with E-state index in [2.05, 4.69) is 18.3 Å². The quantitative estimate of drug-likeness (QED) is 0.730. The van der Waals surface area contributed by atoms with Crippen molar-refractivity contribution in [3.63, 3.8) is 0 Å². The van der Waals surface area contributed by atoms with Crippen LogP contribution in [-0.4, -0.2) is 19.8 Å². The van der Waals surface area contributed by atoms with Gasteiger partial charge in [-0.2, -0.15) is 0 Å². The highest BCUT2D eigenvalue weighted by molar-refractivity contribution is 5.58. The van der Waals surface area contributed by atoms with E-state index in [1.54, 1.807) is 7.11 Å². The number of nitrogens with two attached hydrogens (primary N) is 1. The van der Waals surface area contributed by atoms with Crippen molar-refractivity contribution >= 4 is 11.4 Å². The predicted molar refractivity (Wildman–Crippen MR) is 65.2 cm³/mol. The first-order valence-corrected chi connectivity index (χ1v) is 5.25. The molecule has 3 nitrogen and oxygen atoms in total. The smallest absolute Gasteiger partial charge is 0.0481 e. The van der Waals surface area contributed by atoms with Gasteiger partial charge in [-0.25, -0.2) is 0 Å². The number of hydrogen-bond acceptors (Lipinski definition) is 3. The summed E-state index contributed by atoms with van der Waals surface area (Å²) >= 11 is 0. The van der Waals surface area contributed by atoms with E-state index in [9.17, 15) is 0 Å². The summed E-state index contributed by atoms with van der Waals surface area (Å²) in [7, 11) is 1.72. The number of aryl methyl sites for hydroxylation is 1. The Labute approximate surface area is 91.6 Å². The number of benzene rings is 1. The van der Waals surface area contributed by atoms with Crippen molar-refractivity contribution < 1.29 is 4.74 Å². The van der Waals surface area contributed by atoms with Crippen molar-refractivity contribution in [2.45, 2.75) is 26.3 Å². The lowest BCUT2D eigenvalue weighted by atomic mass is 10.1. The summed E-state index contributed by atoms with van der Waals surface area (Å²) in [4.78, 5) is 0. The second kappa shape index (κ2) is 5.61. The molecule has 3 N–H and O–H groups in total. The van der Waals surface area contributed by atoms with Gasteiger partial charge in [0.2, 0.25) is 0 Å². The van der Waals surface area contributed by atoms with E-state index >= 15 is 0 Å². The van der Waals surface area contributed by atoms with Crippen LogP contribution in [0.5, 0.6) is 0 Å². The van der Waals surface area contributed by atoms with Gasteiger partial charge in [-0.15, -0.1) is 0 Å². The highest BCUT2D eigenvalue weighted by Crippen LogP contribution is 2.17. The van der Waals surface area contributed by atoms with Crippen LogP contribution in [0.2, 0.25) is 0 Å². The first-order valence-electron chi connectivity index (χ1n) is 5.25. The molecule has 0 heterocycles. The molecule has 1 rings (SSSR count). The zero-order valence-corrected chi connectivity index (χ0v) is 9.71. The van der Waals surface area contributed by atoms with Gasteiger partial charge in [-0.05, 0) is 38.0 Å². The van der Waals surface area contributed by atoms with Crippen LogP contribution in [0, 0.1) is 6.92 Å². The predicted octanol–water partition coefficient (Wildman–Crippen LogP) is 2.41. The zero-order valence-electron chi connectivity index (χ0n) is 9.71. The third kappa shape index (κ3) is 3.80. The Hall–Kier alpha value is -1.22. The maximum Gasteiger partial charge on any atom is 0.0481 e. The topological polar surface area (TPSA) is 47.3 Å². The molecule has 1 atom stereocenters. The Morgan fingerprint density at radius 3 is 2.80 bits per heavy atom. The molecule has 0 fully saturated rings. The molecule has 0 amide bonds. The second-order valence-electron chi connectivity index (χ2n) is 3.90. The van der Waals surface area contributed by atoms with Crippen molar-refractivity contribution in [1.82, 2.24) is 0 Å². The molecule has 1 unspecified atom stereocenters. The molecule has 1 aromatic carbocycles. The molecule has 1 aromatic rings. The Kier molecular flexibility index (Phi) is 4.43. The fourth-order valence-corrected chi connectivity index (χ4v) is 1.38. The molecule has 0 saturated carbocycles. The molecule has 0 aliphatic heterocycles. The summed E-state index contributed by atoms with van der Waals surface area (Å²) in [6.07, 6.45) is 0.990. The van der Waals surface area contributed by atoms with Crippen molar-refractivity contribution in [3.05, 3.63) is 23.8 Å². The van der Waals surface area contributed by atoms with Gasteiger partial charge >= 0.3 is 0 Å². The Bertz CT molecular complexity index is 312. The molecule has 0 saturated heterocycles. The number of nitrogen functional groups attached to an aromatic ring is 1. The molecule has 3 heteroatoms. The van der Waals surface area contributed by atoms with Crippen LogP contribution in [-0.2, 0) is 4.74 Å². The molecule has 0 aliphatic rings. The number of rotatable bonds is 5. The molecular formula is C12H20N2O. The van der Waals surface area contributed by atoms with Gasteiger partial charge in [0.05, 0.1) is 0 Å². The van der Waals surface area contributed by atoms with Crippen LogP contribution in [0.4, 0.5) is 11.4 Å². The van der Waals surface area contributed by atoms with E-state index in [0.29, 0.717) is 6.04 Å². The van der Waals surface area contributed by atoms with Crippen molar-refractivity contribution in [2.24, 2.45) is 0 Å². The fourth-order valence-electron chi connectivity index (χ4n) is 1.38. The lowest BCUT2D eigenvalue weighted by molar-refractivity contribution is 0.191. The Morgan fingerprint density at radius 1 is 1.47 bits per heavy atom. The second-order valence-corrected chi connectivity index (χ2v) is 3.90. The lowest BCUT2D eigenvalue weighted by Crippen LogP contribution is -2.17. The number of ether oxygens (including phenoxy) is 1. The minimum absolute atomic E-state index is 0.395. The largest absolute Gasteiger partial charge is 0.398 e. The molecule has 15 heavy (non-hydrogen) atoms. The SMILES string of the molecule is COCCC(C)Nc1ccc(C)c(N)c1. The minimum Gasteiger partial charge on any atom is -0.398 e. The third-order valence-corrected chi connectivity index (χ3v) is 2.45. The summed E-state index contributed by atoms with van der Waals surface area (Å²) in [6.45, 7) is 4.91. The fraction of sp³-hybridized carbons (Fsp3) is 0.500. The molecule has 0 aliphatic carbocycles. The van der Waals surface area contributed by atoms with E-state index in [0.717, 1.165) is 30.0 Å². The summed E-state index contributed by atoms with van der Waals surface area (Å²) in [5.74, 6) is 0. The summed E-state index contributed by atoms with van der Waals surface area (Å²) < 4.78 is 5.03. The molecule has 0 radical (unpaired) electrons. The van der Waals surface area contributed by atoms with Gasteiger partial charge in [0.25, 0.3) is 0 Å². The first-order chi connectivity index (χ1) is 7.13. The molecule has 0 aromatic heterocycles. The van der Waals surface area contributed by atoms with Crippen LogP contribution < -0.4 is 11.1 Å². The van der Waals surface area contributed by atoms with Crippen LogP contribution in [0.1, 0.15) is 18.9 Å². The van der Waals surface area contributed by atoms with Crippen LogP contribution >= 0.6 is 0 Å². The summed E-state index contributed by atoms with van der Waals surface area (Å²) in [5, 5.41) is 3.38. The number of nitrogens with one attached hydrogen (secondary N) is 1. The van der Waals surface area contributed by atoms with E-state index < -0.39 is 0 Å². The first kappa shape index (κ1) is 11.9. The standard InChI is InChI=1S/C12H20N2O/c1-9-4-5-11(8-12(9)13)14-10(2)6-7-15-3/h4-5,8,10,14H,6-7,13H2,1-3H3. The van der Waals surface area contributed by atoms with Gasteiger partial charge < -0.3 is 15.8 Å². The summed E-state index contributed by atoms with van der Waals surface area (Å²) in [5.41, 5.74) is 8.85. The minimum atomic E-state index is 0.395. The highest BCUT2D eigenvalue weighted by Gasteiger charge is 2.02.